The Morgan fingerprint density at radius 2 is 1.89 bits per heavy atom. The lowest BCUT2D eigenvalue weighted by Crippen LogP contribution is -2.34. The first-order valence-electron chi connectivity index (χ1n) is 5.71. The summed E-state index contributed by atoms with van der Waals surface area (Å²) in [7, 11) is -2.98. The quantitative estimate of drug-likeness (QED) is 0.932. The Balaban J connectivity index is 2.32. The summed E-state index contributed by atoms with van der Waals surface area (Å²) in [6.45, 7) is 0.327. The van der Waals surface area contributed by atoms with Crippen LogP contribution in [0, 0.1) is 5.41 Å². The van der Waals surface area contributed by atoms with Gasteiger partial charge in [-0.15, -0.1) is 0 Å². The fraction of sp³-hybridized carbons (Fsp3) is 0.500. The summed E-state index contributed by atoms with van der Waals surface area (Å²) >= 11 is 12.2. The van der Waals surface area contributed by atoms with Crippen LogP contribution in [0.2, 0.25) is 10.0 Å². The molecule has 2 rings (SSSR count). The summed E-state index contributed by atoms with van der Waals surface area (Å²) in [5.74, 6) is 0.324. The first kappa shape index (κ1) is 14.1. The van der Waals surface area contributed by atoms with Crippen molar-refractivity contribution in [3.05, 3.63) is 33.8 Å². The molecule has 0 amide bonds. The molecule has 18 heavy (non-hydrogen) atoms. The van der Waals surface area contributed by atoms with Gasteiger partial charge in [0.1, 0.15) is 0 Å². The molecule has 1 heterocycles. The third kappa shape index (κ3) is 2.82. The van der Waals surface area contributed by atoms with Crippen LogP contribution >= 0.6 is 23.2 Å². The molecule has 100 valence electrons. The number of nitrogens with two attached hydrogens (primary N) is 1. The molecule has 0 aromatic heterocycles. The lowest BCUT2D eigenvalue weighted by Gasteiger charge is -2.26. The van der Waals surface area contributed by atoms with E-state index in [2.05, 4.69) is 0 Å². The van der Waals surface area contributed by atoms with Crippen LogP contribution in [0.1, 0.15) is 12.0 Å². The Bertz CT molecular complexity index is 539. The number of hydrogen-bond acceptors (Lipinski definition) is 3. The number of hydrogen-bond donors (Lipinski definition) is 1. The molecule has 1 atom stereocenters. The molecule has 1 fully saturated rings. The van der Waals surface area contributed by atoms with Crippen LogP contribution < -0.4 is 5.73 Å². The predicted molar refractivity (Wildman–Crippen MR) is 74.9 cm³/mol. The molecule has 6 heteroatoms. The highest BCUT2D eigenvalue weighted by molar-refractivity contribution is 7.91. The smallest absolute Gasteiger partial charge is 0.150 e. The summed E-state index contributed by atoms with van der Waals surface area (Å²) < 4.78 is 23.3. The molecule has 0 radical (unpaired) electrons. The lowest BCUT2D eigenvalue weighted by molar-refractivity contribution is 0.344. The van der Waals surface area contributed by atoms with Gasteiger partial charge in [0.15, 0.2) is 9.84 Å². The van der Waals surface area contributed by atoms with Crippen molar-refractivity contribution >= 4 is 33.0 Å². The van der Waals surface area contributed by atoms with Gasteiger partial charge in [0.05, 0.1) is 11.5 Å². The summed E-state index contributed by atoms with van der Waals surface area (Å²) in [6.07, 6.45) is 1.09. The maximum absolute atomic E-state index is 11.6. The van der Waals surface area contributed by atoms with Crippen LogP contribution in [-0.4, -0.2) is 26.5 Å². The van der Waals surface area contributed by atoms with Crippen LogP contribution in [0.4, 0.5) is 0 Å². The van der Waals surface area contributed by atoms with Crippen molar-refractivity contribution in [1.29, 1.82) is 0 Å². The average Bonchev–Trinajstić information content (AvgIpc) is 2.61. The van der Waals surface area contributed by atoms with Crippen molar-refractivity contribution < 1.29 is 8.42 Å². The number of halogens is 2. The molecule has 1 unspecified atom stereocenters. The fourth-order valence-electron chi connectivity index (χ4n) is 2.43. The number of sulfone groups is 1. The zero-order chi connectivity index (χ0) is 13.4. The highest BCUT2D eigenvalue weighted by atomic mass is 35.5. The van der Waals surface area contributed by atoms with Crippen molar-refractivity contribution in [3.63, 3.8) is 0 Å². The van der Waals surface area contributed by atoms with Crippen molar-refractivity contribution in [1.82, 2.24) is 0 Å². The summed E-state index contributed by atoms with van der Waals surface area (Å²) in [6, 6.07) is 5.29. The fourth-order valence-corrected chi connectivity index (χ4v) is 5.15. The van der Waals surface area contributed by atoms with E-state index >= 15 is 0 Å². The maximum atomic E-state index is 11.6. The van der Waals surface area contributed by atoms with Gasteiger partial charge in [0.2, 0.25) is 0 Å². The highest BCUT2D eigenvalue weighted by Gasteiger charge is 2.41. The monoisotopic (exact) mass is 307 g/mol. The maximum Gasteiger partial charge on any atom is 0.150 e. The van der Waals surface area contributed by atoms with Gasteiger partial charge in [-0.2, -0.15) is 0 Å². The Kier molecular flexibility index (Phi) is 3.93. The highest BCUT2D eigenvalue weighted by Crippen LogP contribution is 2.38. The van der Waals surface area contributed by atoms with Gasteiger partial charge in [-0.05, 0) is 37.1 Å². The van der Waals surface area contributed by atoms with Gasteiger partial charge in [-0.3, -0.25) is 0 Å². The van der Waals surface area contributed by atoms with Crippen LogP contribution in [0.25, 0.3) is 0 Å². The minimum atomic E-state index is -2.98. The van der Waals surface area contributed by atoms with Gasteiger partial charge in [0.25, 0.3) is 0 Å². The van der Waals surface area contributed by atoms with E-state index in [4.69, 9.17) is 28.9 Å². The molecule has 0 bridgehead atoms. The number of benzene rings is 1. The van der Waals surface area contributed by atoms with E-state index < -0.39 is 15.3 Å². The van der Waals surface area contributed by atoms with E-state index in [0.29, 0.717) is 29.4 Å². The van der Waals surface area contributed by atoms with Crippen molar-refractivity contribution in [2.75, 3.05) is 18.1 Å². The van der Waals surface area contributed by atoms with Crippen LogP contribution in [-0.2, 0) is 16.3 Å². The van der Waals surface area contributed by atoms with Gasteiger partial charge in [0, 0.05) is 15.5 Å². The Labute approximate surface area is 117 Å². The third-order valence-corrected chi connectivity index (χ3v) is 6.10. The van der Waals surface area contributed by atoms with Crippen LogP contribution in [0.5, 0.6) is 0 Å². The molecular weight excluding hydrogens is 293 g/mol. The molecule has 1 aliphatic rings. The Hall–Kier alpha value is -0.290. The average molecular weight is 308 g/mol. The minimum Gasteiger partial charge on any atom is -0.330 e. The van der Waals surface area contributed by atoms with E-state index in [1.165, 1.54) is 0 Å². The molecule has 1 aromatic carbocycles. The van der Waals surface area contributed by atoms with E-state index in [1.807, 2.05) is 0 Å². The first-order valence-corrected chi connectivity index (χ1v) is 8.29. The van der Waals surface area contributed by atoms with Crippen LogP contribution in [0.3, 0.4) is 0 Å². The SMILES string of the molecule is NCC1(Cc2c(Cl)cccc2Cl)CCS(=O)(=O)C1. The van der Waals surface area contributed by atoms with Gasteiger partial charge in [-0.1, -0.05) is 29.3 Å². The molecule has 3 nitrogen and oxygen atoms in total. The molecule has 0 spiro atoms. The van der Waals surface area contributed by atoms with Gasteiger partial charge in [-0.25, -0.2) is 8.42 Å². The van der Waals surface area contributed by atoms with E-state index in [9.17, 15) is 8.42 Å². The molecule has 2 N–H and O–H groups in total. The van der Waals surface area contributed by atoms with Crippen molar-refractivity contribution in [2.24, 2.45) is 11.1 Å². The normalized spacial score (nSPS) is 26.4. The second kappa shape index (κ2) is 5.00. The van der Waals surface area contributed by atoms with Crippen molar-refractivity contribution in [2.45, 2.75) is 12.8 Å². The lowest BCUT2D eigenvalue weighted by atomic mass is 9.81. The summed E-state index contributed by atoms with van der Waals surface area (Å²) in [5, 5.41) is 1.14. The Morgan fingerprint density at radius 3 is 2.33 bits per heavy atom. The topological polar surface area (TPSA) is 60.2 Å². The minimum absolute atomic E-state index is 0.123. The summed E-state index contributed by atoms with van der Waals surface area (Å²) in [4.78, 5) is 0. The first-order chi connectivity index (χ1) is 8.37. The van der Waals surface area contributed by atoms with Gasteiger partial charge >= 0.3 is 0 Å². The number of rotatable bonds is 3. The molecule has 1 aromatic rings. The predicted octanol–water partition coefficient (Wildman–Crippen LogP) is 2.30. The molecule has 1 aliphatic heterocycles. The third-order valence-electron chi connectivity index (χ3n) is 3.52. The Morgan fingerprint density at radius 1 is 1.28 bits per heavy atom. The molecule has 1 saturated heterocycles. The standard InChI is InChI=1S/C12H15Cl2NO2S/c13-10-2-1-3-11(14)9(10)6-12(7-15)4-5-18(16,17)8-12/h1-3H,4-8,15H2. The molecule has 0 aliphatic carbocycles. The van der Waals surface area contributed by atoms with Crippen molar-refractivity contribution in [3.8, 4) is 0 Å². The molecular formula is C12H15Cl2NO2S. The van der Waals surface area contributed by atoms with E-state index in [0.717, 1.165) is 5.56 Å². The van der Waals surface area contributed by atoms with Crippen LogP contribution in [0.15, 0.2) is 18.2 Å². The van der Waals surface area contributed by atoms with Gasteiger partial charge < -0.3 is 5.73 Å². The zero-order valence-electron chi connectivity index (χ0n) is 9.83. The largest absolute Gasteiger partial charge is 0.330 e. The summed E-state index contributed by atoms with van der Waals surface area (Å²) in [5.41, 5.74) is 6.16. The van der Waals surface area contributed by atoms with E-state index in [1.54, 1.807) is 18.2 Å². The van der Waals surface area contributed by atoms with E-state index in [-0.39, 0.29) is 11.5 Å². The second-order valence-corrected chi connectivity index (χ2v) is 7.92. The molecule has 0 saturated carbocycles. The zero-order valence-corrected chi connectivity index (χ0v) is 12.2. The second-order valence-electron chi connectivity index (χ2n) is 4.92.